The fourth-order valence-corrected chi connectivity index (χ4v) is 2.10. The number of hydrogen-bond donors (Lipinski definition) is 3. The Morgan fingerprint density at radius 2 is 1.58 bits per heavy atom. The molecular formula is C17H35FO6. The molecule has 3 N–H and O–H groups in total. The Morgan fingerprint density at radius 1 is 0.917 bits per heavy atom. The minimum Gasteiger partial charge on any atom is -0.396 e. The summed E-state index contributed by atoms with van der Waals surface area (Å²) in [5.41, 5.74) is -0.313. The first kappa shape index (κ1) is 23.7. The fraction of sp³-hybridized carbons (Fsp3) is 1.00. The molecule has 6 nitrogen and oxygen atoms in total. The maximum atomic E-state index is 14.2. The first-order valence-corrected chi connectivity index (χ1v) is 8.67. The summed E-state index contributed by atoms with van der Waals surface area (Å²) in [6.45, 7) is 6.21. The first-order valence-electron chi connectivity index (χ1n) is 8.67. The Labute approximate surface area is 144 Å². The van der Waals surface area contributed by atoms with Crippen molar-refractivity contribution in [3.8, 4) is 0 Å². The van der Waals surface area contributed by atoms with Crippen LogP contribution in [0, 0.1) is 0 Å². The van der Waals surface area contributed by atoms with Gasteiger partial charge in [-0.3, -0.25) is 0 Å². The molecule has 0 aliphatic carbocycles. The zero-order valence-electron chi connectivity index (χ0n) is 15.3. The Kier molecular flexibility index (Phi) is 12.8. The quantitative estimate of drug-likeness (QED) is 0.366. The largest absolute Gasteiger partial charge is 0.396 e. The third kappa shape index (κ3) is 14.1. The molecule has 0 aliphatic rings. The van der Waals surface area contributed by atoms with Crippen molar-refractivity contribution >= 4 is 0 Å². The monoisotopic (exact) mass is 354 g/mol. The molecule has 0 aromatic heterocycles. The molecule has 0 saturated carbocycles. The van der Waals surface area contributed by atoms with E-state index in [9.17, 15) is 4.39 Å². The average Bonchev–Trinajstić information content (AvgIpc) is 2.52. The molecule has 0 saturated heterocycles. The van der Waals surface area contributed by atoms with Crippen LogP contribution in [-0.4, -0.2) is 72.5 Å². The van der Waals surface area contributed by atoms with Gasteiger partial charge in [0.05, 0.1) is 25.4 Å². The van der Waals surface area contributed by atoms with Crippen LogP contribution in [-0.2, 0) is 14.2 Å². The Hall–Kier alpha value is -0.310. The van der Waals surface area contributed by atoms with E-state index in [-0.39, 0.29) is 38.4 Å². The number of aliphatic hydroxyl groups is 3. The van der Waals surface area contributed by atoms with Gasteiger partial charge in [0.2, 0.25) is 5.85 Å². The van der Waals surface area contributed by atoms with E-state index >= 15 is 0 Å². The van der Waals surface area contributed by atoms with Crippen LogP contribution < -0.4 is 0 Å². The van der Waals surface area contributed by atoms with Gasteiger partial charge in [0.15, 0.2) is 0 Å². The topological polar surface area (TPSA) is 88.4 Å². The summed E-state index contributed by atoms with van der Waals surface area (Å²) in [5, 5.41) is 26.5. The van der Waals surface area contributed by atoms with Gasteiger partial charge in [-0.1, -0.05) is 0 Å². The van der Waals surface area contributed by atoms with Crippen LogP contribution in [0.25, 0.3) is 0 Å². The number of ether oxygens (including phenoxy) is 3. The zero-order valence-corrected chi connectivity index (χ0v) is 15.3. The number of rotatable bonds is 16. The maximum Gasteiger partial charge on any atom is 0.206 e. The van der Waals surface area contributed by atoms with Crippen LogP contribution in [0.5, 0.6) is 0 Å². The number of hydrogen-bond acceptors (Lipinski definition) is 6. The molecule has 0 fully saturated rings. The third-order valence-corrected chi connectivity index (χ3v) is 3.55. The van der Waals surface area contributed by atoms with E-state index in [1.807, 2.05) is 13.8 Å². The zero-order chi connectivity index (χ0) is 18.5. The fourth-order valence-electron chi connectivity index (χ4n) is 2.10. The van der Waals surface area contributed by atoms with Crippen molar-refractivity contribution in [3.63, 3.8) is 0 Å². The van der Waals surface area contributed by atoms with Gasteiger partial charge < -0.3 is 29.5 Å². The van der Waals surface area contributed by atoms with Gasteiger partial charge >= 0.3 is 0 Å². The van der Waals surface area contributed by atoms with Crippen LogP contribution >= 0.6 is 0 Å². The van der Waals surface area contributed by atoms with Crippen molar-refractivity contribution in [2.75, 3.05) is 39.6 Å². The molecule has 2 unspecified atom stereocenters. The van der Waals surface area contributed by atoms with Crippen molar-refractivity contribution in [2.24, 2.45) is 0 Å². The van der Waals surface area contributed by atoms with Crippen LogP contribution in [0.3, 0.4) is 0 Å². The van der Waals surface area contributed by atoms with E-state index in [0.29, 0.717) is 32.5 Å². The summed E-state index contributed by atoms with van der Waals surface area (Å²) in [7, 11) is 0. The van der Waals surface area contributed by atoms with Crippen molar-refractivity contribution in [1.29, 1.82) is 0 Å². The smallest absolute Gasteiger partial charge is 0.206 e. The number of aliphatic hydroxyl groups excluding tert-OH is 3. The maximum absolute atomic E-state index is 14.2. The van der Waals surface area contributed by atoms with E-state index in [4.69, 9.17) is 29.5 Å². The van der Waals surface area contributed by atoms with Gasteiger partial charge in [0, 0.05) is 26.2 Å². The standard InChI is InChI=1S/C17H35FO6/c1-16(2,7-4-9-19)23-11-5-8-17(3,18)24-12-6-10-22-14-15(21)13-20/h15,19-21H,4-14H2,1-3H3. The second-order valence-corrected chi connectivity index (χ2v) is 6.75. The summed E-state index contributed by atoms with van der Waals surface area (Å²) >= 11 is 0. The molecule has 0 rings (SSSR count). The lowest BCUT2D eigenvalue weighted by Gasteiger charge is -2.26. The SMILES string of the molecule is CC(C)(CCCO)OCCCC(C)(F)OCCCOCC(O)CO. The number of alkyl halides is 1. The van der Waals surface area contributed by atoms with Crippen LogP contribution in [0.2, 0.25) is 0 Å². The highest BCUT2D eigenvalue weighted by atomic mass is 19.2. The number of halogens is 1. The van der Waals surface area contributed by atoms with Crippen LogP contribution in [0.15, 0.2) is 0 Å². The van der Waals surface area contributed by atoms with Gasteiger partial charge in [-0.05, 0) is 46.5 Å². The Bertz CT molecular complexity index is 299. The summed E-state index contributed by atoms with van der Waals surface area (Å²) in [6.07, 6.45) is 1.88. The lowest BCUT2D eigenvalue weighted by atomic mass is 10.0. The van der Waals surface area contributed by atoms with Gasteiger partial charge in [-0.25, -0.2) is 4.39 Å². The second kappa shape index (κ2) is 13.0. The van der Waals surface area contributed by atoms with Gasteiger partial charge in [0.1, 0.15) is 6.10 Å². The lowest BCUT2D eigenvalue weighted by Crippen LogP contribution is -2.28. The predicted octanol–water partition coefficient (Wildman–Crippen LogP) is 1.80. The van der Waals surface area contributed by atoms with Crippen molar-refractivity contribution in [2.45, 2.75) is 70.4 Å². The molecule has 0 aliphatic heterocycles. The lowest BCUT2D eigenvalue weighted by molar-refractivity contribution is -0.144. The summed E-state index contributed by atoms with van der Waals surface area (Å²) < 4.78 is 30.2. The molecule has 146 valence electrons. The highest BCUT2D eigenvalue weighted by Crippen LogP contribution is 2.22. The van der Waals surface area contributed by atoms with Crippen LogP contribution in [0.1, 0.15) is 52.9 Å². The molecule has 0 heterocycles. The molecule has 7 heteroatoms. The third-order valence-electron chi connectivity index (χ3n) is 3.55. The molecule has 0 radical (unpaired) electrons. The van der Waals surface area contributed by atoms with Crippen molar-refractivity contribution < 1.29 is 33.9 Å². The summed E-state index contributed by atoms with van der Waals surface area (Å²) in [6, 6.07) is 0. The van der Waals surface area contributed by atoms with E-state index in [1.165, 1.54) is 6.92 Å². The molecule has 2 atom stereocenters. The minimum atomic E-state index is -1.71. The molecule has 0 aromatic rings. The highest BCUT2D eigenvalue weighted by molar-refractivity contribution is 4.69. The van der Waals surface area contributed by atoms with Crippen molar-refractivity contribution in [3.05, 3.63) is 0 Å². The van der Waals surface area contributed by atoms with Gasteiger partial charge in [0.25, 0.3) is 0 Å². The van der Waals surface area contributed by atoms with E-state index < -0.39 is 12.0 Å². The second-order valence-electron chi connectivity index (χ2n) is 6.75. The molecule has 24 heavy (non-hydrogen) atoms. The molecule has 0 aromatic carbocycles. The van der Waals surface area contributed by atoms with E-state index in [0.717, 1.165) is 6.42 Å². The molecular weight excluding hydrogens is 319 g/mol. The molecule has 0 amide bonds. The highest BCUT2D eigenvalue weighted by Gasteiger charge is 2.24. The van der Waals surface area contributed by atoms with E-state index in [1.54, 1.807) is 0 Å². The molecule has 0 spiro atoms. The van der Waals surface area contributed by atoms with Gasteiger partial charge in [-0.2, -0.15) is 0 Å². The normalized spacial score (nSPS) is 16.1. The Balaban J connectivity index is 3.67. The predicted molar refractivity (Wildman–Crippen MR) is 89.6 cm³/mol. The van der Waals surface area contributed by atoms with Crippen LogP contribution in [0.4, 0.5) is 4.39 Å². The van der Waals surface area contributed by atoms with Crippen molar-refractivity contribution in [1.82, 2.24) is 0 Å². The Morgan fingerprint density at radius 3 is 2.21 bits per heavy atom. The average molecular weight is 354 g/mol. The first-order chi connectivity index (χ1) is 11.2. The minimum absolute atomic E-state index is 0.0623. The van der Waals surface area contributed by atoms with E-state index in [2.05, 4.69) is 0 Å². The molecule has 0 bridgehead atoms. The summed E-state index contributed by atoms with van der Waals surface area (Å²) in [4.78, 5) is 0. The van der Waals surface area contributed by atoms with Gasteiger partial charge in [-0.15, -0.1) is 0 Å². The summed E-state index contributed by atoms with van der Waals surface area (Å²) in [5.74, 6) is -1.71.